The number of aromatic amines is 2. The smallest absolute Gasteiger partial charge is 0.178 e. The molecule has 2 aliphatic rings. The van der Waals surface area contributed by atoms with Crippen molar-refractivity contribution in [3.05, 3.63) is 214 Å². The molecule has 0 unspecified atom stereocenters. The Morgan fingerprint density at radius 2 is 0.635 bits per heavy atom. The van der Waals surface area contributed by atoms with Crippen molar-refractivity contribution in [2.24, 2.45) is 0 Å². The zero-order valence-electron chi connectivity index (χ0n) is 43.7. The molecule has 74 heavy (non-hydrogen) atoms. The molecule has 0 fully saturated rings. The maximum absolute atomic E-state index is 5.67. The van der Waals surface area contributed by atoms with Crippen LogP contribution in [0.4, 0.5) is 34.1 Å². The Morgan fingerprint density at radius 3 is 0.946 bits per heavy atom. The number of hydrogen-bond donors (Lipinski definition) is 2. The number of nitrogens with zero attached hydrogens (tertiary/aromatic N) is 8. The van der Waals surface area contributed by atoms with Gasteiger partial charge in [0.05, 0.1) is 45.2 Å². The van der Waals surface area contributed by atoms with Crippen LogP contribution in [0.25, 0.3) is 68.1 Å². The van der Waals surface area contributed by atoms with Crippen LogP contribution in [-0.4, -0.2) is 58.1 Å². The van der Waals surface area contributed by atoms with Gasteiger partial charge in [-0.25, -0.2) is 19.9 Å². The van der Waals surface area contributed by atoms with E-state index >= 15 is 0 Å². The third-order valence-corrected chi connectivity index (χ3v) is 14.4. The van der Waals surface area contributed by atoms with Gasteiger partial charge < -0.3 is 29.6 Å². The minimum Gasteiger partial charge on any atom is -0.342 e. The fraction of sp³-hybridized carbons (Fsp3) is 0.156. The predicted octanol–water partition coefficient (Wildman–Crippen LogP) is 15.1. The van der Waals surface area contributed by atoms with Gasteiger partial charge >= 0.3 is 0 Å². The highest BCUT2D eigenvalue weighted by atomic mass is 15.2. The summed E-state index contributed by atoms with van der Waals surface area (Å²) in [5.41, 5.74) is 23.0. The largest absolute Gasteiger partial charge is 0.342 e. The van der Waals surface area contributed by atoms with E-state index in [1.54, 1.807) is 0 Å². The van der Waals surface area contributed by atoms with Crippen LogP contribution in [0.1, 0.15) is 56.4 Å². The Balaban J connectivity index is 1.36. The second-order valence-corrected chi connectivity index (χ2v) is 19.6. The van der Waals surface area contributed by atoms with Crippen LogP contribution >= 0.6 is 0 Å². The highest BCUT2D eigenvalue weighted by Gasteiger charge is 2.28. The summed E-state index contributed by atoms with van der Waals surface area (Å²) < 4.78 is 0. The van der Waals surface area contributed by atoms with Gasteiger partial charge in [-0.15, -0.1) is 0 Å². The zero-order valence-corrected chi connectivity index (χ0v) is 43.7. The molecule has 0 amide bonds. The quantitative estimate of drug-likeness (QED) is 0.140. The summed E-state index contributed by atoms with van der Waals surface area (Å²) >= 11 is 0. The first-order valence-corrected chi connectivity index (χ1v) is 25.1. The standard InChI is InChI=1S/C64H60N10/c1-39-31-41(3)57(42(4)32-39)59-49-35-53(71(7)45-23-15-11-16-24-45)61(65-49)69-63-55(73(9)47-27-19-13-20-28-47)37-51(67-63)60(58-43(5)33-40(2)34-44(58)6)52-38-56(74(10)48-29-21-14-22-30-48)64(68-52)70-62-54(36-50(59)66-62)72(8)46-25-17-12-18-26-46/h11-38H,1-10H3,(H,65,67,69)(H,66,68,70). The van der Waals surface area contributed by atoms with Gasteiger partial charge in [0.25, 0.3) is 0 Å². The molecule has 2 N–H and O–H groups in total. The van der Waals surface area contributed by atoms with Crippen molar-refractivity contribution in [2.75, 3.05) is 47.8 Å². The molecule has 0 atom stereocenters. The zero-order chi connectivity index (χ0) is 51.4. The van der Waals surface area contributed by atoms with Crippen LogP contribution in [0.2, 0.25) is 0 Å². The van der Waals surface area contributed by atoms with Crippen molar-refractivity contribution >= 4 is 80.0 Å². The number of rotatable bonds is 10. The van der Waals surface area contributed by atoms with Gasteiger partial charge in [0.15, 0.2) is 22.9 Å². The number of anilines is 6. The highest BCUT2D eigenvalue weighted by molar-refractivity contribution is 6.02. The summed E-state index contributed by atoms with van der Waals surface area (Å²) in [6.45, 7) is 13.1. The molecule has 6 aromatic carbocycles. The van der Waals surface area contributed by atoms with E-state index in [0.29, 0.717) is 22.9 Å². The number of aromatic nitrogens is 6. The van der Waals surface area contributed by atoms with Crippen LogP contribution in [0.5, 0.6) is 0 Å². The molecule has 8 bridgehead atoms. The van der Waals surface area contributed by atoms with Gasteiger partial charge in [0, 0.05) is 62.1 Å². The molecular weight excluding hydrogens is 909 g/mol. The van der Waals surface area contributed by atoms with E-state index < -0.39 is 0 Å². The van der Waals surface area contributed by atoms with Gasteiger partial charge in [-0.1, -0.05) is 108 Å². The third-order valence-electron chi connectivity index (χ3n) is 14.4. The molecule has 9 aromatic rings. The average molecular weight is 969 g/mol. The van der Waals surface area contributed by atoms with Crippen LogP contribution in [0, 0.1) is 41.5 Å². The Bertz CT molecular complexity index is 3550. The molecule has 366 valence electrons. The number of fused-ring (bicyclic) bond motifs is 8. The molecule has 0 saturated heterocycles. The number of hydrogen-bond acceptors (Lipinski definition) is 8. The minimum absolute atomic E-state index is 0.567. The highest BCUT2D eigenvalue weighted by Crippen LogP contribution is 2.43. The lowest BCUT2D eigenvalue weighted by Gasteiger charge is -2.20. The van der Waals surface area contributed by atoms with E-state index in [1.807, 2.05) is 24.3 Å². The van der Waals surface area contributed by atoms with E-state index in [2.05, 4.69) is 245 Å². The summed E-state index contributed by atoms with van der Waals surface area (Å²) in [4.78, 5) is 39.2. The van der Waals surface area contributed by atoms with Crippen molar-refractivity contribution in [2.45, 2.75) is 41.5 Å². The number of H-pyrrole nitrogens is 2. The first-order valence-electron chi connectivity index (χ1n) is 25.1. The molecule has 3 aromatic heterocycles. The van der Waals surface area contributed by atoms with Gasteiger partial charge in [-0.3, -0.25) is 0 Å². The third kappa shape index (κ3) is 8.68. The molecule has 11 rings (SSSR count). The maximum Gasteiger partial charge on any atom is 0.178 e. The summed E-state index contributed by atoms with van der Waals surface area (Å²) in [6.07, 6.45) is 4.38. The Morgan fingerprint density at radius 1 is 0.338 bits per heavy atom. The fourth-order valence-corrected chi connectivity index (χ4v) is 10.9. The van der Waals surface area contributed by atoms with Crippen LogP contribution in [-0.2, 0) is 0 Å². The first kappa shape index (κ1) is 47.3. The Kier molecular flexibility index (Phi) is 12.3. The average Bonchev–Trinajstić information content (AvgIpc) is 4.22. The fourth-order valence-electron chi connectivity index (χ4n) is 10.9. The summed E-state index contributed by atoms with van der Waals surface area (Å²) in [5, 5.41) is 0. The van der Waals surface area contributed by atoms with Crippen LogP contribution < -0.4 is 19.6 Å². The van der Waals surface area contributed by atoms with Gasteiger partial charge in [0.1, 0.15) is 0 Å². The van der Waals surface area contributed by atoms with Crippen molar-refractivity contribution in [3.8, 4) is 22.3 Å². The van der Waals surface area contributed by atoms with Crippen LogP contribution in [0.15, 0.2) is 158 Å². The molecule has 10 nitrogen and oxygen atoms in total. The number of benzene rings is 6. The Hall–Kier alpha value is -9.02. The molecule has 5 heterocycles. The lowest BCUT2D eigenvalue weighted by Crippen LogP contribution is -2.15. The molecule has 2 aliphatic heterocycles. The minimum atomic E-state index is 0.567. The predicted molar refractivity (Wildman–Crippen MR) is 310 cm³/mol. The Labute approximate surface area is 433 Å². The number of aryl methyl sites for hydroxylation is 6. The molecule has 0 aliphatic carbocycles. The van der Waals surface area contributed by atoms with E-state index in [0.717, 1.165) is 112 Å². The normalized spacial score (nSPS) is 12.1. The molecule has 0 radical (unpaired) electrons. The molecule has 0 spiro atoms. The maximum atomic E-state index is 5.67. The number of para-hydroxylation sites is 4. The first-order chi connectivity index (χ1) is 35.8. The van der Waals surface area contributed by atoms with Crippen molar-refractivity contribution < 1.29 is 0 Å². The SMILES string of the molecule is Cc1cc(C)c(-c2c3nc(nc4[nH]c(cc4N(C)c4ccccc4)c(-c4c(C)cc(C)cc4C)c4nc(nc5[nH]c2cc5N(C)c2ccccc2)C(N(C)c2ccccc2)=C4)C(N(C)c2ccccc2)=C3)c(C)c1. The van der Waals surface area contributed by atoms with Crippen molar-refractivity contribution in [1.82, 2.24) is 29.9 Å². The lowest BCUT2D eigenvalue weighted by atomic mass is 9.92. The van der Waals surface area contributed by atoms with Crippen molar-refractivity contribution in [3.63, 3.8) is 0 Å². The molecular formula is C64H60N10. The summed E-state index contributed by atoms with van der Waals surface area (Å²) in [6, 6.07) is 55.1. The number of nitrogens with one attached hydrogen (secondary N) is 2. The molecule has 0 saturated carbocycles. The van der Waals surface area contributed by atoms with E-state index in [4.69, 9.17) is 19.9 Å². The summed E-state index contributed by atoms with van der Waals surface area (Å²) in [7, 11) is 8.37. The van der Waals surface area contributed by atoms with E-state index in [9.17, 15) is 0 Å². The summed E-state index contributed by atoms with van der Waals surface area (Å²) in [5.74, 6) is 1.13. The van der Waals surface area contributed by atoms with Crippen LogP contribution in [0.3, 0.4) is 0 Å². The van der Waals surface area contributed by atoms with E-state index in [1.165, 1.54) is 11.1 Å². The molecule has 10 heteroatoms. The second-order valence-electron chi connectivity index (χ2n) is 19.6. The monoisotopic (exact) mass is 969 g/mol. The topological polar surface area (TPSA) is 96.1 Å². The van der Waals surface area contributed by atoms with Gasteiger partial charge in [-0.2, -0.15) is 0 Å². The van der Waals surface area contributed by atoms with E-state index in [-0.39, 0.29) is 0 Å². The lowest BCUT2D eigenvalue weighted by molar-refractivity contribution is 1.11. The van der Waals surface area contributed by atoms with Gasteiger partial charge in [0.2, 0.25) is 0 Å². The second kappa shape index (κ2) is 19.2. The van der Waals surface area contributed by atoms with Crippen molar-refractivity contribution in [1.29, 1.82) is 0 Å². The van der Waals surface area contributed by atoms with Gasteiger partial charge in [-0.05, 0) is 148 Å².